The maximum absolute atomic E-state index is 11.0. The maximum atomic E-state index is 11.0. The molecule has 2 aromatic rings. The minimum absolute atomic E-state index is 0.835. The van der Waals surface area contributed by atoms with Crippen LogP contribution in [0.2, 0.25) is 0 Å². The predicted molar refractivity (Wildman–Crippen MR) is 68.5 cm³/mol. The third-order valence-electron chi connectivity index (χ3n) is 2.83. The Labute approximate surface area is 102 Å². The number of carbonyl (C=O) groups excluding carboxylic acids is 1. The lowest BCUT2D eigenvalue weighted by Crippen LogP contribution is -1.99. The second kappa shape index (κ2) is 4.02. The van der Waals surface area contributed by atoms with Gasteiger partial charge in [0.2, 0.25) is 0 Å². The second-order valence-electron chi connectivity index (χ2n) is 3.79. The lowest BCUT2D eigenvalue weighted by molar-refractivity contribution is 0.568. The van der Waals surface area contributed by atoms with Gasteiger partial charge in [0.15, 0.2) is 0 Å². The first kappa shape index (κ1) is 10.0. The van der Waals surface area contributed by atoms with Crippen LogP contribution in [0.25, 0.3) is 16.0 Å². The van der Waals surface area contributed by atoms with Crippen LogP contribution in [0, 0.1) is 5.38 Å². The Kier molecular flexibility index (Phi) is 2.52. The number of rotatable bonds is 1. The monoisotopic (exact) mass is 245 g/mol. The molecule has 3 rings (SSSR count). The molecule has 2 heterocycles. The predicted octanol–water partition coefficient (Wildman–Crippen LogP) is 3.83. The molecule has 0 saturated heterocycles. The zero-order chi connectivity index (χ0) is 11.0. The van der Waals surface area contributed by atoms with Gasteiger partial charge in [-0.1, -0.05) is 6.07 Å². The fourth-order valence-electron chi connectivity index (χ4n) is 2.10. The lowest BCUT2D eigenvalue weighted by atomic mass is 9.91. The minimum Gasteiger partial charge on any atom is -0.233 e. The van der Waals surface area contributed by atoms with Crippen LogP contribution in [0.4, 0.5) is 0 Å². The first-order valence-corrected chi connectivity index (χ1v) is 6.91. The van der Waals surface area contributed by atoms with Crippen molar-refractivity contribution in [2.45, 2.75) is 19.3 Å². The molecule has 0 unspecified atom stereocenters. The van der Waals surface area contributed by atoms with Gasteiger partial charge < -0.3 is 0 Å². The molecule has 0 fully saturated rings. The zero-order valence-electron chi connectivity index (χ0n) is 8.58. The van der Waals surface area contributed by atoms with Crippen molar-refractivity contribution in [1.82, 2.24) is 0 Å². The molecule has 2 aromatic heterocycles. The Balaban J connectivity index is 2.22. The van der Waals surface area contributed by atoms with Crippen molar-refractivity contribution in [2.24, 2.45) is 0 Å². The summed E-state index contributed by atoms with van der Waals surface area (Å²) < 4.78 is 0. The average Bonchev–Trinajstić information content (AvgIpc) is 2.96. The highest BCUT2D eigenvalue weighted by Gasteiger charge is 2.22. The van der Waals surface area contributed by atoms with Gasteiger partial charge in [0, 0.05) is 26.5 Å². The Morgan fingerprint density at radius 2 is 2.31 bits per heavy atom. The highest BCUT2D eigenvalue weighted by atomic mass is 32.1. The van der Waals surface area contributed by atoms with Gasteiger partial charge in [0.05, 0.1) is 5.38 Å². The molecule has 3 heteroatoms. The molecule has 0 amide bonds. The van der Waals surface area contributed by atoms with Crippen LogP contribution in [0.1, 0.15) is 23.3 Å². The lowest BCUT2D eigenvalue weighted by Gasteiger charge is -2.13. The number of aryl methyl sites for hydroxylation is 1. The summed E-state index contributed by atoms with van der Waals surface area (Å²) in [4.78, 5) is 13.5. The van der Waals surface area contributed by atoms with E-state index in [2.05, 4.69) is 22.8 Å². The number of hydrogen-bond donors (Lipinski definition) is 0. The quantitative estimate of drug-likeness (QED) is 0.698. The van der Waals surface area contributed by atoms with E-state index < -0.39 is 0 Å². The fourth-order valence-corrected chi connectivity index (χ4v) is 3.90. The number of thiophene rings is 2. The first-order valence-electron chi connectivity index (χ1n) is 5.21. The third-order valence-corrected chi connectivity index (χ3v) is 4.68. The molecular weight excluding hydrogens is 236 g/mol. The van der Waals surface area contributed by atoms with Gasteiger partial charge in [-0.15, -0.1) is 22.7 Å². The van der Waals surface area contributed by atoms with Crippen molar-refractivity contribution in [2.75, 3.05) is 0 Å². The Morgan fingerprint density at radius 3 is 3.06 bits per heavy atom. The van der Waals surface area contributed by atoms with Crippen molar-refractivity contribution >= 4 is 34.2 Å². The molecule has 0 N–H and O–H groups in total. The van der Waals surface area contributed by atoms with Gasteiger partial charge >= 0.3 is 0 Å². The van der Waals surface area contributed by atoms with Gasteiger partial charge in [-0.25, -0.2) is 4.79 Å². The zero-order valence-corrected chi connectivity index (χ0v) is 10.2. The smallest absolute Gasteiger partial charge is 0.128 e. The summed E-state index contributed by atoms with van der Waals surface area (Å²) in [5.74, 6) is 2.11. The van der Waals surface area contributed by atoms with Gasteiger partial charge in [-0.2, -0.15) is 0 Å². The number of allylic oxidation sites excluding steroid dienone is 1. The van der Waals surface area contributed by atoms with Crippen LogP contribution < -0.4 is 0 Å². The van der Waals surface area contributed by atoms with Gasteiger partial charge in [-0.3, -0.25) is 0 Å². The summed E-state index contributed by atoms with van der Waals surface area (Å²) in [6, 6.07) is 4.12. The van der Waals surface area contributed by atoms with Gasteiger partial charge in [0.1, 0.15) is 5.94 Å². The highest BCUT2D eigenvalue weighted by Crippen LogP contribution is 2.41. The van der Waals surface area contributed by atoms with Crippen LogP contribution >= 0.6 is 22.7 Å². The van der Waals surface area contributed by atoms with Crippen molar-refractivity contribution in [3.8, 4) is 10.4 Å². The van der Waals surface area contributed by atoms with E-state index in [1.54, 1.807) is 22.7 Å². The minimum atomic E-state index is 0.835. The first-order chi connectivity index (χ1) is 7.90. The largest absolute Gasteiger partial charge is 0.233 e. The fraction of sp³-hybridized carbons (Fsp3) is 0.231. The Bertz CT molecular complexity index is 557. The van der Waals surface area contributed by atoms with Crippen molar-refractivity contribution < 1.29 is 4.79 Å². The molecule has 1 aliphatic carbocycles. The topological polar surface area (TPSA) is 17.1 Å². The summed E-state index contributed by atoms with van der Waals surface area (Å²) in [5.41, 5.74) is 3.06. The van der Waals surface area contributed by atoms with E-state index in [1.165, 1.54) is 9.75 Å². The molecule has 1 aliphatic rings. The molecule has 79 valence electrons. The molecule has 0 atom stereocenters. The molecule has 0 aliphatic heterocycles. The Morgan fingerprint density at radius 1 is 1.38 bits per heavy atom. The summed E-state index contributed by atoms with van der Waals surface area (Å²) in [5, 5.41) is 5.39. The van der Waals surface area contributed by atoms with E-state index in [9.17, 15) is 4.79 Å². The molecule has 0 aromatic carbocycles. The van der Waals surface area contributed by atoms with Crippen LogP contribution in [-0.4, -0.2) is 5.94 Å². The second-order valence-corrected chi connectivity index (χ2v) is 5.64. The molecule has 0 spiro atoms. The summed E-state index contributed by atoms with van der Waals surface area (Å²) >= 11 is 3.35. The molecule has 0 saturated carbocycles. The standard InChI is InChI=1S/C13H9OS2/c14-7-9-3-1-4-12-13(9)10(8-16-12)11-5-2-6-15-11/h2,5-6H,1,3-4H2. The van der Waals surface area contributed by atoms with E-state index >= 15 is 0 Å². The van der Waals surface area contributed by atoms with E-state index in [1.807, 2.05) is 6.07 Å². The van der Waals surface area contributed by atoms with Crippen LogP contribution in [-0.2, 0) is 11.2 Å². The highest BCUT2D eigenvalue weighted by molar-refractivity contribution is 7.14. The molecular formula is C13H9OS2. The number of hydrogen-bond acceptors (Lipinski definition) is 3. The maximum Gasteiger partial charge on any atom is 0.128 e. The summed E-state index contributed by atoms with van der Waals surface area (Å²) in [7, 11) is 0. The normalized spacial score (nSPS) is 14.6. The summed E-state index contributed by atoms with van der Waals surface area (Å²) in [6.07, 6.45) is 3.00. The van der Waals surface area contributed by atoms with Gasteiger partial charge in [-0.05, 0) is 30.7 Å². The average molecular weight is 245 g/mol. The molecule has 1 radical (unpaired) electrons. The van der Waals surface area contributed by atoms with Crippen molar-refractivity contribution in [1.29, 1.82) is 0 Å². The molecule has 0 bridgehead atoms. The van der Waals surface area contributed by atoms with Crippen LogP contribution in [0.3, 0.4) is 0 Å². The van der Waals surface area contributed by atoms with E-state index in [0.717, 1.165) is 36.0 Å². The van der Waals surface area contributed by atoms with Gasteiger partial charge in [0.25, 0.3) is 0 Å². The number of fused-ring (bicyclic) bond motifs is 1. The van der Waals surface area contributed by atoms with Crippen LogP contribution in [0.5, 0.6) is 0 Å². The molecule has 16 heavy (non-hydrogen) atoms. The molecule has 1 nitrogen and oxygen atoms in total. The van der Waals surface area contributed by atoms with Crippen molar-refractivity contribution in [3.63, 3.8) is 0 Å². The third kappa shape index (κ3) is 1.49. The SMILES string of the molecule is O=C=C1CCCc2s[c]c(-c3cccs3)c21. The van der Waals surface area contributed by atoms with Crippen molar-refractivity contribution in [3.05, 3.63) is 33.3 Å². The van der Waals surface area contributed by atoms with E-state index in [4.69, 9.17) is 0 Å². The van der Waals surface area contributed by atoms with Crippen LogP contribution in [0.15, 0.2) is 17.5 Å². The Hall–Kier alpha value is -1.15. The summed E-state index contributed by atoms with van der Waals surface area (Å²) in [6.45, 7) is 0. The van der Waals surface area contributed by atoms with E-state index in [0.29, 0.717) is 0 Å². The van der Waals surface area contributed by atoms with E-state index in [-0.39, 0.29) is 0 Å².